The quantitative estimate of drug-likeness (QED) is 0.942. The first-order valence-electron chi connectivity index (χ1n) is 7.17. The second kappa shape index (κ2) is 5.48. The summed E-state index contributed by atoms with van der Waals surface area (Å²) in [4.78, 5) is 0.128. The Morgan fingerprint density at radius 1 is 1.27 bits per heavy atom. The van der Waals surface area contributed by atoms with Crippen LogP contribution in [0.1, 0.15) is 25.5 Å². The molecule has 0 bridgehead atoms. The van der Waals surface area contributed by atoms with Gasteiger partial charge in [-0.25, -0.2) is 12.8 Å². The molecule has 1 aliphatic heterocycles. The van der Waals surface area contributed by atoms with Crippen molar-refractivity contribution in [2.24, 2.45) is 0 Å². The number of halogens is 1. The van der Waals surface area contributed by atoms with Crippen LogP contribution in [-0.2, 0) is 15.4 Å². The molecule has 0 radical (unpaired) electrons. The summed E-state index contributed by atoms with van der Waals surface area (Å²) in [5, 5.41) is 6.91. The highest BCUT2D eigenvalue weighted by atomic mass is 32.2. The summed E-state index contributed by atoms with van der Waals surface area (Å²) in [5.41, 5.74) is 0.647. The second-order valence-electron chi connectivity index (χ2n) is 5.93. The van der Waals surface area contributed by atoms with E-state index in [0.717, 1.165) is 18.5 Å². The molecule has 22 heavy (non-hydrogen) atoms. The maximum atomic E-state index is 13.0. The highest BCUT2D eigenvalue weighted by Gasteiger charge is 2.38. The molecule has 0 spiro atoms. The normalized spacial score (nSPS) is 23.5. The summed E-state index contributed by atoms with van der Waals surface area (Å²) in [5.74, 6) is -0.445. The molecule has 1 aromatic carbocycles. The fraction of sp³-hybridized carbons (Fsp3) is 0.400. The molecule has 0 amide bonds. The van der Waals surface area contributed by atoms with Crippen LogP contribution < -0.4 is 0 Å². The van der Waals surface area contributed by atoms with Crippen LogP contribution in [0, 0.1) is 5.82 Å². The van der Waals surface area contributed by atoms with Crippen LogP contribution in [-0.4, -0.2) is 36.0 Å². The van der Waals surface area contributed by atoms with E-state index in [0.29, 0.717) is 13.1 Å². The third-order valence-electron chi connectivity index (χ3n) is 4.26. The monoisotopic (exact) mass is 323 g/mol. The van der Waals surface area contributed by atoms with E-state index in [2.05, 4.69) is 10.2 Å². The van der Waals surface area contributed by atoms with E-state index in [-0.39, 0.29) is 10.3 Å². The smallest absolute Gasteiger partial charge is 0.243 e. The van der Waals surface area contributed by atoms with Crippen molar-refractivity contribution in [1.29, 1.82) is 0 Å². The van der Waals surface area contributed by atoms with Crippen molar-refractivity contribution in [3.05, 3.63) is 48.0 Å². The van der Waals surface area contributed by atoms with Gasteiger partial charge < -0.3 is 0 Å². The van der Waals surface area contributed by atoms with Crippen molar-refractivity contribution in [1.82, 2.24) is 14.5 Å². The first-order chi connectivity index (χ1) is 10.4. The van der Waals surface area contributed by atoms with Gasteiger partial charge in [-0.2, -0.15) is 9.40 Å². The third kappa shape index (κ3) is 2.66. The number of benzene rings is 1. The van der Waals surface area contributed by atoms with Crippen LogP contribution in [0.4, 0.5) is 4.39 Å². The van der Waals surface area contributed by atoms with Gasteiger partial charge in [0.25, 0.3) is 0 Å². The van der Waals surface area contributed by atoms with Gasteiger partial charge in [0.2, 0.25) is 10.0 Å². The molecule has 1 atom stereocenters. The predicted octanol–water partition coefficient (Wildman–Crippen LogP) is 2.29. The van der Waals surface area contributed by atoms with Crippen LogP contribution in [0.25, 0.3) is 0 Å². The van der Waals surface area contributed by atoms with E-state index in [1.165, 1.54) is 28.6 Å². The predicted molar refractivity (Wildman–Crippen MR) is 80.3 cm³/mol. The molecular weight excluding hydrogens is 305 g/mol. The lowest BCUT2D eigenvalue weighted by Crippen LogP contribution is -2.47. The second-order valence-corrected chi connectivity index (χ2v) is 7.86. The lowest BCUT2D eigenvalue weighted by molar-refractivity contribution is 0.236. The Hall–Kier alpha value is -1.73. The van der Waals surface area contributed by atoms with Crippen LogP contribution in [0.5, 0.6) is 0 Å². The Labute approximate surface area is 129 Å². The Balaban J connectivity index is 1.90. The van der Waals surface area contributed by atoms with Crippen LogP contribution >= 0.6 is 0 Å². The number of rotatable bonds is 3. The van der Waals surface area contributed by atoms with Crippen LogP contribution in [0.15, 0.2) is 41.4 Å². The maximum absolute atomic E-state index is 13.0. The Kier molecular flexibility index (Phi) is 3.78. The molecule has 2 aromatic rings. The number of sulfonamides is 1. The summed E-state index contributed by atoms with van der Waals surface area (Å²) in [7, 11) is -3.61. The molecule has 7 heteroatoms. The first kappa shape index (κ1) is 15.2. The van der Waals surface area contributed by atoms with Crippen molar-refractivity contribution < 1.29 is 12.8 Å². The Bertz CT molecular complexity index is 744. The number of aromatic amines is 1. The molecule has 118 valence electrons. The number of nitrogens with zero attached hydrogens (tertiary/aromatic N) is 2. The Morgan fingerprint density at radius 3 is 2.64 bits per heavy atom. The highest BCUT2D eigenvalue weighted by Crippen LogP contribution is 2.34. The summed E-state index contributed by atoms with van der Waals surface area (Å²) in [6.45, 7) is 2.89. The van der Waals surface area contributed by atoms with Gasteiger partial charge in [0.1, 0.15) is 5.82 Å². The van der Waals surface area contributed by atoms with Gasteiger partial charge in [0, 0.05) is 30.4 Å². The molecule has 1 saturated heterocycles. The number of aromatic nitrogens is 2. The fourth-order valence-corrected chi connectivity index (χ4v) is 4.57. The zero-order chi connectivity index (χ0) is 15.8. The first-order valence-corrected chi connectivity index (χ1v) is 8.61. The summed E-state index contributed by atoms with van der Waals surface area (Å²) < 4.78 is 40.0. The van der Waals surface area contributed by atoms with Crippen molar-refractivity contribution >= 4 is 10.0 Å². The number of hydrogen-bond donors (Lipinski definition) is 1. The lowest BCUT2D eigenvalue weighted by atomic mass is 9.80. The van der Waals surface area contributed by atoms with E-state index in [1.807, 2.05) is 13.0 Å². The van der Waals surface area contributed by atoms with Crippen molar-refractivity contribution in [3.63, 3.8) is 0 Å². The van der Waals surface area contributed by atoms with E-state index in [9.17, 15) is 12.8 Å². The molecule has 3 rings (SSSR count). The summed E-state index contributed by atoms with van der Waals surface area (Å²) in [6, 6.07) is 6.85. The largest absolute Gasteiger partial charge is 0.282 e. The summed E-state index contributed by atoms with van der Waals surface area (Å²) >= 11 is 0. The van der Waals surface area contributed by atoms with E-state index in [1.54, 1.807) is 6.20 Å². The van der Waals surface area contributed by atoms with E-state index in [4.69, 9.17) is 0 Å². The topological polar surface area (TPSA) is 66.1 Å². The number of H-pyrrole nitrogens is 1. The highest BCUT2D eigenvalue weighted by molar-refractivity contribution is 7.89. The molecule has 1 aliphatic rings. The van der Waals surface area contributed by atoms with E-state index >= 15 is 0 Å². The molecule has 0 saturated carbocycles. The minimum absolute atomic E-state index is 0.128. The van der Waals surface area contributed by atoms with Crippen LogP contribution in [0.2, 0.25) is 0 Å². The van der Waals surface area contributed by atoms with Gasteiger partial charge in [0.15, 0.2) is 0 Å². The minimum atomic E-state index is -3.61. The standard InChI is InChI=1S/C15H18FN3O2S/c1-15(14-7-9-17-18-14)8-2-10-19(11-15)22(20,21)13-5-3-12(16)4-6-13/h3-7,9H,2,8,10-11H2,1H3,(H,17,18)/t15-/m1/s1. The zero-order valence-electron chi connectivity index (χ0n) is 12.3. The lowest BCUT2D eigenvalue weighted by Gasteiger charge is -2.39. The zero-order valence-corrected chi connectivity index (χ0v) is 13.1. The van der Waals surface area contributed by atoms with Crippen LogP contribution in [0.3, 0.4) is 0 Å². The molecule has 1 N–H and O–H groups in total. The molecule has 1 fully saturated rings. The molecular formula is C15H18FN3O2S. The van der Waals surface area contributed by atoms with Gasteiger partial charge in [-0.15, -0.1) is 0 Å². The molecule has 1 aromatic heterocycles. The number of nitrogens with one attached hydrogen (secondary N) is 1. The van der Waals surface area contributed by atoms with Gasteiger partial charge in [-0.1, -0.05) is 6.92 Å². The molecule has 0 aliphatic carbocycles. The SMILES string of the molecule is C[C@@]1(c2ccn[nH]2)CCCN(S(=O)(=O)c2ccc(F)cc2)C1. The average molecular weight is 323 g/mol. The van der Waals surface area contributed by atoms with Crippen molar-refractivity contribution in [2.75, 3.05) is 13.1 Å². The minimum Gasteiger partial charge on any atom is -0.282 e. The van der Waals surface area contributed by atoms with Gasteiger partial charge >= 0.3 is 0 Å². The number of hydrogen-bond acceptors (Lipinski definition) is 3. The van der Waals surface area contributed by atoms with Crippen molar-refractivity contribution in [2.45, 2.75) is 30.1 Å². The molecule has 5 nitrogen and oxygen atoms in total. The number of piperidine rings is 1. The van der Waals surface area contributed by atoms with Gasteiger partial charge in [-0.3, -0.25) is 5.10 Å². The molecule has 0 unspecified atom stereocenters. The Morgan fingerprint density at radius 2 is 2.00 bits per heavy atom. The van der Waals surface area contributed by atoms with E-state index < -0.39 is 15.8 Å². The molecule has 2 heterocycles. The van der Waals surface area contributed by atoms with Crippen molar-refractivity contribution in [3.8, 4) is 0 Å². The maximum Gasteiger partial charge on any atom is 0.243 e. The van der Waals surface area contributed by atoms with Gasteiger partial charge in [-0.05, 0) is 43.2 Å². The fourth-order valence-electron chi connectivity index (χ4n) is 2.97. The average Bonchev–Trinajstić information content (AvgIpc) is 3.03. The summed E-state index contributed by atoms with van der Waals surface area (Å²) in [6.07, 6.45) is 3.34. The van der Waals surface area contributed by atoms with Gasteiger partial charge in [0.05, 0.1) is 4.90 Å². The third-order valence-corrected chi connectivity index (χ3v) is 6.12.